The van der Waals surface area contributed by atoms with Crippen LogP contribution in [0.5, 0.6) is 0 Å². The van der Waals surface area contributed by atoms with Gasteiger partial charge in [-0.05, 0) is 12.8 Å². The summed E-state index contributed by atoms with van der Waals surface area (Å²) in [5.41, 5.74) is -0.561. The molecule has 5 nitrogen and oxygen atoms in total. The highest BCUT2D eigenvalue weighted by atomic mass is 16.3. The third kappa shape index (κ3) is 2.91. The molecule has 84 valence electrons. The first kappa shape index (κ1) is 12.0. The van der Waals surface area contributed by atoms with Gasteiger partial charge in [0.1, 0.15) is 5.54 Å². The molecule has 1 heterocycles. The first-order valence-corrected chi connectivity index (χ1v) is 5.16. The zero-order chi connectivity index (χ0) is 11.3. The van der Waals surface area contributed by atoms with E-state index in [2.05, 4.69) is 11.4 Å². The second kappa shape index (κ2) is 5.10. The molecule has 0 spiro atoms. The number of hydrogen-bond donors (Lipinski definition) is 2. The number of rotatable bonds is 3. The number of nitriles is 1. The van der Waals surface area contributed by atoms with E-state index in [0.29, 0.717) is 32.5 Å². The number of aliphatic hydroxyl groups is 1. The molecule has 0 bridgehead atoms. The average Bonchev–Trinajstić information content (AvgIpc) is 2.27. The number of likely N-dealkylation sites (tertiary alicyclic amines) is 1. The molecule has 0 saturated carbocycles. The lowest BCUT2D eigenvalue weighted by atomic mass is 9.89. The second-order valence-electron chi connectivity index (χ2n) is 3.85. The molecular weight excluding hydrogens is 194 g/mol. The lowest BCUT2D eigenvalue weighted by molar-refractivity contribution is -0.130. The average molecular weight is 211 g/mol. The van der Waals surface area contributed by atoms with Crippen LogP contribution in [0.15, 0.2) is 0 Å². The van der Waals surface area contributed by atoms with Crippen molar-refractivity contribution in [1.29, 1.82) is 5.26 Å². The van der Waals surface area contributed by atoms with Gasteiger partial charge in [0.15, 0.2) is 0 Å². The molecule has 0 aliphatic carbocycles. The van der Waals surface area contributed by atoms with Crippen molar-refractivity contribution in [2.75, 3.05) is 26.2 Å². The lowest BCUT2D eigenvalue weighted by Gasteiger charge is -2.37. The number of nitrogens with one attached hydrogen (secondary N) is 1. The normalized spacial score (nSPS) is 19.7. The fourth-order valence-corrected chi connectivity index (χ4v) is 1.83. The molecule has 1 amide bonds. The minimum absolute atomic E-state index is 0.0276. The second-order valence-corrected chi connectivity index (χ2v) is 3.85. The van der Waals surface area contributed by atoms with Crippen LogP contribution in [0, 0.1) is 11.3 Å². The number of aliphatic hydroxyl groups excluding tert-OH is 1. The van der Waals surface area contributed by atoms with E-state index in [4.69, 9.17) is 10.4 Å². The van der Waals surface area contributed by atoms with Crippen molar-refractivity contribution in [3.63, 3.8) is 0 Å². The topological polar surface area (TPSA) is 76.4 Å². The summed E-state index contributed by atoms with van der Waals surface area (Å²) in [7, 11) is 0. The summed E-state index contributed by atoms with van der Waals surface area (Å²) in [6.07, 6.45) is 1.26. The molecule has 1 aliphatic rings. The maximum atomic E-state index is 11.1. The number of hydrogen-bond acceptors (Lipinski definition) is 4. The SMILES string of the molecule is CC(=O)N1CCC(C#N)(NCCO)CC1. The molecule has 0 unspecified atom stereocenters. The smallest absolute Gasteiger partial charge is 0.219 e. The van der Waals surface area contributed by atoms with E-state index in [1.54, 1.807) is 11.8 Å². The van der Waals surface area contributed by atoms with Crippen LogP contribution in [0.1, 0.15) is 19.8 Å². The molecule has 0 radical (unpaired) electrons. The summed E-state index contributed by atoms with van der Waals surface area (Å²) in [6, 6.07) is 2.25. The van der Waals surface area contributed by atoms with Gasteiger partial charge in [0.05, 0.1) is 12.7 Å². The Morgan fingerprint density at radius 2 is 2.20 bits per heavy atom. The van der Waals surface area contributed by atoms with Gasteiger partial charge in [-0.3, -0.25) is 10.1 Å². The van der Waals surface area contributed by atoms with Crippen molar-refractivity contribution >= 4 is 5.91 Å². The summed E-state index contributed by atoms with van der Waals surface area (Å²) in [6.45, 7) is 3.22. The fourth-order valence-electron chi connectivity index (χ4n) is 1.83. The van der Waals surface area contributed by atoms with E-state index < -0.39 is 5.54 Å². The van der Waals surface area contributed by atoms with Crippen molar-refractivity contribution in [2.24, 2.45) is 0 Å². The first-order chi connectivity index (χ1) is 7.13. The van der Waals surface area contributed by atoms with Crippen LogP contribution < -0.4 is 5.32 Å². The molecule has 15 heavy (non-hydrogen) atoms. The quantitative estimate of drug-likeness (QED) is 0.658. The predicted octanol–water partition coefficient (Wildman–Crippen LogP) is -0.527. The van der Waals surface area contributed by atoms with E-state index in [1.165, 1.54) is 0 Å². The van der Waals surface area contributed by atoms with E-state index in [-0.39, 0.29) is 12.5 Å². The molecular formula is C10H17N3O2. The Bertz CT molecular complexity index is 264. The van der Waals surface area contributed by atoms with Gasteiger partial charge in [-0.1, -0.05) is 0 Å². The molecule has 5 heteroatoms. The number of β-amino-alcohol motifs (C(OH)–C–C–N with tert-alkyl or cyclic N) is 1. The van der Waals surface area contributed by atoms with Gasteiger partial charge in [-0.2, -0.15) is 5.26 Å². The molecule has 1 aliphatic heterocycles. The van der Waals surface area contributed by atoms with Crippen molar-refractivity contribution in [1.82, 2.24) is 10.2 Å². The molecule has 0 aromatic heterocycles. The summed E-state index contributed by atoms with van der Waals surface area (Å²) in [5, 5.41) is 20.9. The van der Waals surface area contributed by atoms with Gasteiger partial charge in [0.25, 0.3) is 0 Å². The molecule has 1 fully saturated rings. The van der Waals surface area contributed by atoms with Crippen LogP contribution in [0.3, 0.4) is 0 Å². The molecule has 0 aromatic rings. The van der Waals surface area contributed by atoms with Gasteiger partial charge in [-0.25, -0.2) is 0 Å². The Morgan fingerprint density at radius 3 is 2.60 bits per heavy atom. The number of carbonyl (C=O) groups excluding carboxylic acids is 1. The monoisotopic (exact) mass is 211 g/mol. The van der Waals surface area contributed by atoms with Gasteiger partial charge in [0, 0.05) is 26.6 Å². The molecule has 1 rings (SSSR count). The summed E-state index contributed by atoms with van der Waals surface area (Å²) in [5.74, 6) is 0.0590. The number of carbonyl (C=O) groups is 1. The fraction of sp³-hybridized carbons (Fsp3) is 0.800. The summed E-state index contributed by atoms with van der Waals surface area (Å²) < 4.78 is 0. The molecule has 2 N–H and O–H groups in total. The number of piperidine rings is 1. The maximum absolute atomic E-state index is 11.1. The molecule has 0 atom stereocenters. The minimum Gasteiger partial charge on any atom is -0.395 e. The summed E-state index contributed by atoms with van der Waals surface area (Å²) >= 11 is 0. The van der Waals surface area contributed by atoms with Crippen molar-refractivity contribution in [2.45, 2.75) is 25.3 Å². The van der Waals surface area contributed by atoms with E-state index in [9.17, 15) is 4.79 Å². The van der Waals surface area contributed by atoms with Crippen molar-refractivity contribution in [3.8, 4) is 6.07 Å². The standard InChI is InChI=1S/C10H17N3O2/c1-9(15)13-5-2-10(8-11,3-6-13)12-4-7-14/h12,14H,2-7H2,1H3. The van der Waals surface area contributed by atoms with Crippen molar-refractivity contribution in [3.05, 3.63) is 0 Å². The van der Waals surface area contributed by atoms with Crippen LogP contribution in [0.4, 0.5) is 0 Å². The van der Waals surface area contributed by atoms with Crippen molar-refractivity contribution < 1.29 is 9.90 Å². The number of nitrogens with zero attached hydrogens (tertiary/aromatic N) is 2. The highest BCUT2D eigenvalue weighted by molar-refractivity contribution is 5.73. The van der Waals surface area contributed by atoms with Crippen LogP contribution in [-0.4, -0.2) is 47.7 Å². The zero-order valence-electron chi connectivity index (χ0n) is 8.99. The van der Waals surface area contributed by atoms with E-state index in [0.717, 1.165) is 0 Å². The first-order valence-electron chi connectivity index (χ1n) is 5.16. The minimum atomic E-state index is -0.561. The van der Waals surface area contributed by atoms with Gasteiger partial charge >= 0.3 is 0 Å². The Kier molecular flexibility index (Phi) is 4.06. The van der Waals surface area contributed by atoms with Gasteiger partial charge < -0.3 is 10.0 Å². The van der Waals surface area contributed by atoms with Crippen LogP contribution >= 0.6 is 0 Å². The predicted molar refractivity (Wildman–Crippen MR) is 54.9 cm³/mol. The third-order valence-electron chi connectivity index (χ3n) is 2.85. The Balaban J connectivity index is 2.51. The summed E-state index contributed by atoms with van der Waals surface area (Å²) in [4.78, 5) is 12.8. The highest BCUT2D eigenvalue weighted by Gasteiger charge is 2.34. The molecule has 0 aromatic carbocycles. The highest BCUT2D eigenvalue weighted by Crippen LogP contribution is 2.21. The Hall–Kier alpha value is -1.12. The third-order valence-corrected chi connectivity index (χ3v) is 2.85. The maximum Gasteiger partial charge on any atom is 0.219 e. The van der Waals surface area contributed by atoms with Crippen LogP contribution in [0.2, 0.25) is 0 Å². The number of amides is 1. The van der Waals surface area contributed by atoms with E-state index in [1.807, 2.05) is 0 Å². The lowest BCUT2D eigenvalue weighted by Crippen LogP contribution is -2.53. The van der Waals surface area contributed by atoms with Crippen LogP contribution in [0.25, 0.3) is 0 Å². The van der Waals surface area contributed by atoms with Crippen LogP contribution in [-0.2, 0) is 4.79 Å². The zero-order valence-corrected chi connectivity index (χ0v) is 8.99. The molecule has 1 saturated heterocycles. The Labute approximate surface area is 89.7 Å². The van der Waals surface area contributed by atoms with Gasteiger partial charge in [0.2, 0.25) is 5.91 Å². The van der Waals surface area contributed by atoms with E-state index >= 15 is 0 Å². The largest absolute Gasteiger partial charge is 0.395 e. The van der Waals surface area contributed by atoms with Gasteiger partial charge in [-0.15, -0.1) is 0 Å². The Morgan fingerprint density at radius 1 is 1.60 bits per heavy atom.